The molecule has 4 rings (SSSR count). The number of rotatable bonds is 5. The first kappa shape index (κ1) is 16.7. The topological polar surface area (TPSA) is 81.9 Å². The zero-order valence-electron chi connectivity index (χ0n) is 14.7. The quantitative estimate of drug-likeness (QED) is 0.547. The van der Waals surface area contributed by atoms with Gasteiger partial charge in [0.25, 0.3) is 0 Å². The number of hydrogen-bond acceptors (Lipinski definition) is 6. The summed E-state index contributed by atoms with van der Waals surface area (Å²) in [4.78, 5) is 24.9. The number of fused-ring (bicyclic) bond motifs is 1. The smallest absolute Gasteiger partial charge is 0.338 e. The van der Waals surface area contributed by atoms with E-state index in [1.165, 1.54) is 6.33 Å². The summed E-state index contributed by atoms with van der Waals surface area (Å²) in [6, 6.07) is 16.9. The molecule has 0 saturated carbocycles. The minimum absolute atomic E-state index is 0.338. The molecule has 0 saturated heterocycles. The Morgan fingerprint density at radius 3 is 2.56 bits per heavy atom. The summed E-state index contributed by atoms with van der Waals surface area (Å²) < 4.78 is 6.90. The van der Waals surface area contributed by atoms with E-state index in [1.807, 2.05) is 34.9 Å². The van der Waals surface area contributed by atoms with Crippen LogP contribution in [0.15, 0.2) is 67.3 Å². The number of anilines is 2. The van der Waals surface area contributed by atoms with Crippen molar-refractivity contribution in [2.24, 2.45) is 0 Å². The third-order valence-corrected chi connectivity index (χ3v) is 4.03. The summed E-state index contributed by atoms with van der Waals surface area (Å²) in [7, 11) is 0. The Balaban J connectivity index is 1.63. The highest BCUT2D eigenvalue weighted by Gasteiger charge is 2.12. The zero-order valence-corrected chi connectivity index (χ0v) is 14.7. The van der Waals surface area contributed by atoms with E-state index < -0.39 is 0 Å². The maximum absolute atomic E-state index is 11.8. The molecule has 2 heterocycles. The van der Waals surface area contributed by atoms with Gasteiger partial charge in [0.1, 0.15) is 12.7 Å². The zero-order chi connectivity index (χ0) is 18.6. The van der Waals surface area contributed by atoms with Crippen LogP contribution in [0.25, 0.3) is 16.9 Å². The fraction of sp³-hybridized carbons (Fsp3) is 0.100. The second kappa shape index (κ2) is 7.25. The van der Waals surface area contributed by atoms with Crippen molar-refractivity contribution < 1.29 is 9.53 Å². The van der Waals surface area contributed by atoms with Crippen LogP contribution in [0.5, 0.6) is 0 Å². The van der Waals surface area contributed by atoms with Gasteiger partial charge >= 0.3 is 5.97 Å². The molecule has 0 aliphatic heterocycles. The number of imidazole rings is 1. The third kappa shape index (κ3) is 3.35. The number of para-hydroxylation sites is 1. The molecule has 0 radical (unpaired) electrons. The van der Waals surface area contributed by atoms with Gasteiger partial charge in [-0.05, 0) is 43.3 Å². The van der Waals surface area contributed by atoms with Crippen LogP contribution < -0.4 is 5.32 Å². The van der Waals surface area contributed by atoms with E-state index in [1.54, 1.807) is 37.5 Å². The maximum Gasteiger partial charge on any atom is 0.338 e. The Kier molecular flexibility index (Phi) is 4.49. The molecule has 0 aliphatic carbocycles. The van der Waals surface area contributed by atoms with Crippen LogP contribution in [-0.4, -0.2) is 32.1 Å². The molecule has 0 atom stereocenters. The Morgan fingerprint density at radius 2 is 1.81 bits per heavy atom. The third-order valence-electron chi connectivity index (χ3n) is 4.03. The van der Waals surface area contributed by atoms with Gasteiger partial charge in [-0.25, -0.2) is 19.7 Å². The lowest BCUT2D eigenvalue weighted by molar-refractivity contribution is 0.0526. The van der Waals surface area contributed by atoms with Gasteiger partial charge in [0.2, 0.25) is 0 Å². The normalized spacial score (nSPS) is 10.7. The van der Waals surface area contributed by atoms with Gasteiger partial charge in [0.15, 0.2) is 17.0 Å². The molecule has 2 aromatic carbocycles. The van der Waals surface area contributed by atoms with E-state index >= 15 is 0 Å². The van der Waals surface area contributed by atoms with Crippen molar-refractivity contribution in [2.75, 3.05) is 11.9 Å². The van der Waals surface area contributed by atoms with Crippen molar-refractivity contribution in [3.8, 4) is 5.69 Å². The standard InChI is InChI=1S/C20H17N5O2/c1-2-27-20(26)14-8-10-15(11-9-14)24-18-17-19(22-12-21-18)25(13-23-17)16-6-4-3-5-7-16/h3-13H,2H2,1H3,(H,21,22,24). The molecule has 7 nitrogen and oxygen atoms in total. The molecular formula is C20H17N5O2. The molecule has 7 heteroatoms. The molecule has 0 fully saturated rings. The van der Waals surface area contributed by atoms with Gasteiger partial charge in [0, 0.05) is 11.4 Å². The number of benzene rings is 2. The average Bonchev–Trinajstić information content (AvgIpc) is 3.15. The van der Waals surface area contributed by atoms with Crippen LogP contribution in [0.1, 0.15) is 17.3 Å². The molecule has 2 aromatic heterocycles. The molecular weight excluding hydrogens is 342 g/mol. The molecule has 0 unspecified atom stereocenters. The minimum Gasteiger partial charge on any atom is -0.462 e. The lowest BCUT2D eigenvalue weighted by atomic mass is 10.2. The Labute approximate surface area is 155 Å². The largest absolute Gasteiger partial charge is 0.462 e. The average molecular weight is 359 g/mol. The van der Waals surface area contributed by atoms with Gasteiger partial charge in [-0.1, -0.05) is 18.2 Å². The number of esters is 1. The van der Waals surface area contributed by atoms with E-state index in [0.29, 0.717) is 29.2 Å². The SMILES string of the molecule is CCOC(=O)c1ccc(Nc2ncnc3c2ncn3-c2ccccc2)cc1. The van der Waals surface area contributed by atoms with Crippen LogP contribution >= 0.6 is 0 Å². The van der Waals surface area contributed by atoms with E-state index in [4.69, 9.17) is 4.74 Å². The molecule has 4 aromatic rings. The summed E-state index contributed by atoms with van der Waals surface area (Å²) in [5.74, 6) is 0.258. The maximum atomic E-state index is 11.8. The Hall–Kier alpha value is -3.74. The summed E-state index contributed by atoms with van der Waals surface area (Å²) in [6.07, 6.45) is 3.22. The number of nitrogens with one attached hydrogen (secondary N) is 1. The Bertz CT molecular complexity index is 1070. The molecule has 0 amide bonds. The van der Waals surface area contributed by atoms with E-state index in [2.05, 4.69) is 20.3 Å². The van der Waals surface area contributed by atoms with Crippen molar-refractivity contribution in [3.05, 3.63) is 72.8 Å². The summed E-state index contributed by atoms with van der Waals surface area (Å²) >= 11 is 0. The fourth-order valence-corrected chi connectivity index (χ4v) is 2.74. The number of nitrogens with zero attached hydrogens (tertiary/aromatic N) is 4. The number of hydrogen-bond donors (Lipinski definition) is 1. The van der Waals surface area contributed by atoms with Crippen molar-refractivity contribution in [2.45, 2.75) is 6.92 Å². The highest BCUT2D eigenvalue weighted by Crippen LogP contribution is 2.24. The van der Waals surface area contributed by atoms with Crippen LogP contribution in [0.4, 0.5) is 11.5 Å². The summed E-state index contributed by atoms with van der Waals surface area (Å²) in [5, 5.41) is 3.23. The molecule has 0 bridgehead atoms. The minimum atomic E-state index is -0.338. The lowest BCUT2D eigenvalue weighted by Crippen LogP contribution is -2.04. The number of ether oxygens (including phenoxy) is 1. The van der Waals surface area contributed by atoms with Crippen molar-refractivity contribution in [3.63, 3.8) is 0 Å². The van der Waals surface area contributed by atoms with Gasteiger partial charge in [-0.2, -0.15) is 0 Å². The van der Waals surface area contributed by atoms with Crippen LogP contribution in [0, 0.1) is 0 Å². The summed E-state index contributed by atoms with van der Waals surface area (Å²) in [5.41, 5.74) is 3.64. The predicted molar refractivity (Wildman–Crippen MR) is 102 cm³/mol. The number of carbonyl (C=O) groups is 1. The first-order valence-corrected chi connectivity index (χ1v) is 8.54. The van der Waals surface area contributed by atoms with Gasteiger partial charge < -0.3 is 10.1 Å². The molecule has 1 N–H and O–H groups in total. The van der Waals surface area contributed by atoms with E-state index in [9.17, 15) is 4.79 Å². The monoisotopic (exact) mass is 359 g/mol. The van der Waals surface area contributed by atoms with Crippen molar-refractivity contribution >= 4 is 28.6 Å². The highest BCUT2D eigenvalue weighted by atomic mass is 16.5. The van der Waals surface area contributed by atoms with Crippen molar-refractivity contribution in [1.82, 2.24) is 19.5 Å². The van der Waals surface area contributed by atoms with Crippen LogP contribution in [0.2, 0.25) is 0 Å². The highest BCUT2D eigenvalue weighted by molar-refractivity contribution is 5.90. The van der Waals surface area contributed by atoms with Crippen molar-refractivity contribution in [1.29, 1.82) is 0 Å². The number of aromatic nitrogens is 4. The first-order chi connectivity index (χ1) is 13.3. The molecule has 27 heavy (non-hydrogen) atoms. The van der Waals surface area contributed by atoms with Gasteiger partial charge in [0.05, 0.1) is 12.2 Å². The van der Waals surface area contributed by atoms with Gasteiger partial charge in [-0.3, -0.25) is 4.57 Å². The predicted octanol–water partition coefficient (Wildman–Crippen LogP) is 3.74. The fourth-order valence-electron chi connectivity index (χ4n) is 2.74. The second-order valence-corrected chi connectivity index (χ2v) is 5.77. The number of carbonyl (C=O) groups excluding carboxylic acids is 1. The molecule has 0 aliphatic rings. The van der Waals surface area contributed by atoms with E-state index in [-0.39, 0.29) is 5.97 Å². The summed E-state index contributed by atoms with van der Waals surface area (Å²) in [6.45, 7) is 2.13. The van der Waals surface area contributed by atoms with Crippen LogP contribution in [-0.2, 0) is 4.74 Å². The Morgan fingerprint density at radius 1 is 1.04 bits per heavy atom. The molecule has 134 valence electrons. The van der Waals surface area contributed by atoms with Crippen LogP contribution in [0.3, 0.4) is 0 Å². The second-order valence-electron chi connectivity index (χ2n) is 5.77. The first-order valence-electron chi connectivity index (χ1n) is 8.54. The van der Waals surface area contributed by atoms with Gasteiger partial charge in [-0.15, -0.1) is 0 Å². The lowest BCUT2D eigenvalue weighted by Gasteiger charge is -2.08. The molecule has 0 spiro atoms. The van der Waals surface area contributed by atoms with E-state index in [0.717, 1.165) is 11.4 Å².